The highest BCUT2D eigenvalue weighted by atomic mass is 35.5. The quantitative estimate of drug-likeness (QED) is 0.0584. The van der Waals surface area contributed by atoms with Crippen LogP contribution < -0.4 is 37.6 Å². The average Bonchev–Trinajstić information content (AvgIpc) is 1.79. The van der Waals surface area contributed by atoms with Crippen LogP contribution in [0.15, 0.2) is 103 Å². The van der Waals surface area contributed by atoms with E-state index in [2.05, 4.69) is 52.7 Å². The molecule has 2 aliphatic heterocycles. The smallest absolute Gasteiger partial charge is 0.245 e. The molecule has 27 nitrogen and oxygen atoms in total. The van der Waals surface area contributed by atoms with E-state index in [0.717, 1.165) is 29.2 Å². The lowest BCUT2D eigenvalue weighted by Crippen LogP contribution is -2.61. The number of carbonyl (C=O) groups excluding carboxylic acids is 12. The van der Waals surface area contributed by atoms with Gasteiger partial charge >= 0.3 is 0 Å². The van der Waals surface area contributed by atoms with Crippen LogP contribution in [0.25, 0.3) is 5.57 Å². The first kappa shape index (κ1) is 93.8. The molecular formula is C84H112Cl3N9O18S. The van der Waals surface area contributed by atoms with E-state index in [0.29, 0.717) is 46.5 Å². The summed E-state index contributed by atoms with van der Waals surface area (Å²) in [6.45, 7) is 12.4. The number of likely N-dealkylation sites (N-methyl/N-ethyl adjacent to an activating group) is 1. The number of benzene rings is 4. The molecule has 628 valence electrons. The van der Waals surface area contributed by atoms with Gasteiger partial charge in [0.15, 0.2) is 17.3 Å². The largest absolute Gasteiger partial charge is 0.394 e. The highest BCUT2D eigenvalue weighted by Crippen LogP contribution is 2.37. The van der Waals surface area contributed by atoms with Crippen LogP contribution in [0.3, 0.4) is 0 Å². The Bertz CT molecular complexity index is 4320. The molecule has 3 aliphatic rings. The number of Topliss-reactive ketones (excluding diaryl/α,β-unsaturated/α-hetero) is 4. The summed E-state index contributed by atoms with van der Waals surface area (Å²) in [6.07, 6.45) is -6.30. The van der Waals surface area contributed by atoms with Crippen molar-refractivity contribution in [1.82, 2.24) is 41.7 Å². The van der Waals surface area contributed by atoms with Gasteiger partial charge in [0.2, 0.25) is 47.3 Å². The number of nitrogens with zero attached hydrogens (tertiary/aromatic N) is 2. The molecule has 4 aromatic rings. The molecule has 8 amide bonds. The van der Waals surface area contributed by atoms with E-state index in [1.165, 1.54) is 20.9 Å². The van der Waals surface area contributed by atoms with E-state index in [-0.39, 0.29) is 73.0 Å². The third-order valence-corrected chi connectivity index (χ3v) is 24.2. The topological polar surface area (TPSA) is 425 Å². The van der Waals surface area contributed by atoms with Crippen LogP contribution in [0.1, 0.15) is 154 Å². The van der Waals surface area contributed by atoms with Gasteiger partial charge in [-0.1, -0.05) is 143 Å². The number of piperidine rings is 1. The van der Waals surface area contributed by atoms with Crippen LogP contribution >= 0.6 is 34.8 Å². The summed E-state index contributed by atoms with van der Waals surface area (Å²) in [6, 6.07) is 14.1. The summed E-state index contributed by atoms with van der Waals surface area (Å²) >= 11 is 19.4. The number of nitrogens with two attached hydrogens (primary N) is 1. The standard InChI is InChI=1S/C84H112Cl3N9O18S/c1-11-47(2)63-44-70(102)64(32-35-115(10,113)114)90-79(109)75(49(4)99)94-78(108)67(46-97)89-73(105)43-56(81(111)96-33-30-58(31-34-96)83(6,7)8)26-29-69(101)57(36-52-16-14-19-60(86)37-52)42-72(104)84(88,50(5)100)45-71(103)68(40-51-22-27-59(85)28-23-51)95(9)82(112)66(39-53-17-15-20-61(87)38-53)92-77(107)65(91-80(110)74(48(3)98)93-76(63)106)41-55-25-24-54-18-12-13-21-62(54)55/h12-23,25,27-28,37-38,47-50,56-58,63-68,74-75,97-100H,11,24,26,29-36,39-46,88H2,1-10H3,(H,89,105)(H,90,109)(H,91,110)(H,92,107)(H,93,106)(H,94,108)/t47-,48+,49+,50+,56-,57+,63-,64-,65-,66-,67-,68-,74-,75-,84+/m0/s1. The molecule has 1 aliphatic carbocycles. The third kappa shape index (κ3) is 26.9. The summed E-state index contributed by atoms with van der Waals surface area (Å²) in [5, 5.41) is 61.2. The van der Waals surface area contributed by atoms with Crippen LogP contribution in [0.2, 0.25) is 15.1 Å². The predicted octanol–water partition coefficient (Wildman–Crippen LogP) is 5.52. The van der Waals surface area contributed by atoms with Gasteiger partial charge in [-0.15, -0.1) is 0 Å². The van der Waals surface area contributed by atoms with Crippen molar-refractivity contribution in [2.24, 2.45) is 40.7 Å². The molecule has 115 heavy (non-hydrogen) atoms. The SMILES string of the molecule is CC[C@H](C)[C@@H]1CC(=O)[C@H](CCS(C)(=O)=O)NC(=O)[C@H]([C@@H](C)O)NC(=O)[C@H](CO)NC(=O)C[C@@H](C(=O)N2CCC(C(C)(C)C)CC2)CCC(=O)[C@H](Cc2cccc(Cl)c2)CC(=O)[C@](N)([C@@H](C)O)CC(=O)[C@H](Cc2ccc(Cl)cc2)N(C)C(=O)[C@H](Cc2cccc(Cl)c2)NC(=O)[C@H](CC2=CCc3ccccc32)NC(=O)[C@H]([C@@H](C)O)NC1=O. The minimum absolute atomic E-state index is 0.124. The highest BCUT2D eigenvalue weighted by Gasteiger charge is 2.47. The van der Waals surface area contributed by atoms with Gasteiger partial charge in [0.25, 0.3) is 0 Å². The number of fused-ring (bicyclic) bond motifs is 1. The van der Waals surface area contributed by atoms with Gasteiger partial charge in [0.1, 0.15) is 51.4 Å². The monoisotopic (exact) mass is 1670 g/mol. The van der Waals surface area contributed by atoms with Crippen molar-refractivity contribution < 1.29 is 86.4 Å². The molecule has 0 unspecified atom stereocenters. The van der Waals surface area contributed by atoms with Gasteiger partial charge in [0, 0.05) is 104 Å². The number of aliphatic hydroxyl groups is 4. The van der Waals surface area contributed by atoms with Crippen molar-refractivity contribution in [2.75, 3.05) is 38.8 Å². The number of sulfone groups is 1. The summed E-state index contributed by atoms with van der Waals surface area (Å²) in [7, 11) is -2.61. The Morgan fingerprint density at radius 3 is 1.74 bits per heavy atom. The Kier molecular flexibility index (Phi) is 34.4. The number of nitrogens with one attached hydrogen (secondary N) is 6. The van der Waals surface area contributed by atoms with Gasteiger partial charge < -0.3 is 67.9 Å². The van der Waals surface area contributed by atoms with E-state index in [4.69, 9.17) is 40.5 Å². The third-order valence-electron chi connectivity index (χ3n) is 22.5. The number of likely N-dealkylation sites (tertiary alicyclic amines) is 1. The van der Waals surface area contributed by atoms with Crippen LogP contribution in [0.5, 0.6) is 0 Å². The molecule has 7 rings (SSSR count). The molecule has 15 atom stereocenters. The molecule has 2 saturated heterocycles. The number of ketones is 4. The number of allylic oxidation sites excluding steroid dienone is 1. The van der Waals surface area contributed by atoms with Gasteiger partial charge in [-0.05, 0) is 153 Å². The minimum Gasteiger partial charge on any atom is -0.394 e. The maximum absolute atomic E-state index is 15.8. The summed E-state index contributed by atoms with van der Waals surface area (Å²) in [5.41, 5.74) is 7.98. The van der Waals surface area contributed by atoms with Crippen molar-refractivity contribution in [3.05, 3.63) is 146 Å². The van der Waals surface area contributed by atoms with Crippen LogP contribution in [0, 0.1) is 35.0 Å². The molecule has 0 radical (unpaired) electrons. The number of amides is 8. The lowest BCUT2D eigenvalue weighted by Gasteiger charge is -2.39. The van der Waals surface area contributed by atoms with Crippen molar-refractivity contribution in [2.45, 2.75) is 218 Å². The Balaban J connectivity index is 1.37. The molecular weight excluding hydrogens is 1560 g/mol. The van der Waals surface area contributed by atoms with E-state index < -0.39 is 221 Å². The molecule has 12 N–H and O–H groups in total. The van der Waals surface area contributed by atoms with E-state index in [1.807, 2.05) is 24.3 Å². The lowest BCUT2D eigenvalue weighted by molar-refractivity contribution is -0.143. The Morgan fingerprint density at radius 1 is 0.617 bits per heavy atom. The molecule has 0 saturated carbocycles. The number of hydrogen-bond donors (Lipinski definition) is 11. The van der Waals surface area contributed by atoms with Crippen LogP contribution in [-0.4, -0.2) is 214 Å². The first-order valence-corrected chi connectivity index (χ1v) is 42.3. The molecule has 0 bridgehead atoms. The normalized spacial score (nSPS) is 26.0. The second-order valence-corrected chi connectivity index (χ2v) is 35.9. The van der Waals surface area contributed by atoms with E-state index in [9.17, 15) is 57.6 Å². The second-order valence-electron chi connectivity index (χ2n) is 32.3. The van der Waals surface area contributed by atoms with Gasteiger partial charge in [-0.25, -0.2) is 8.42 Å². The van der Waals surface area contributed by atoms with Crippen LogP contribution in [-0.2, 0) is 93.1 Å². The fourth-order valence-electron chi connectivity index (χ4n) is 15.0. The number of hydrogen-bond acceptors (Lipinski definition) is 19. The number of rotatable bonds is 18. The fourth-order valence-corrected chi connectivity index (χ4v) is 16.2. The highest BCUT2D eigenvalue weighted by molar-refractivity contribution is 7.90. The summed E-state index contributed by atoms with van der Waals surface area (Å²) < 4.78 is 25.5. The fraction of sp³-hybridized carbons (Fsp3) is 0.548. The van der Waals surface area contributed by atoms with Crippen molar-refractivity contribution in [3.63, 3.8) is 0 Å². The molecule has 2 heterocycles. The molecule has 0 aromatic heterocycles. The van der Waals surface area contributed by atoms with Crippen LogP contribution in [0.4, 0.5) is 0 Å². The van der Waals surface area contributed by atoms with Crippen molar-refractivity contribution >= 4 is 121 Å². The number of carbonyl (C=O) groups is 12. The van der Waals surface area contributed by atoms with Crippen molar-refractivity contribution in [1.29, 1.82) is 0 Å². The number of aliphatic hydroxyl groups excluding tert-OH is 4. The Hall–Kier alpha value is -8.32. The molecule has 2 fully saturated rings. The zero-order valence-corrected chi connectivity index (χ0v) is 70.0. The Morgan fingerprint density at radius 2 is 1.18 bits per heavy atom. The maximum Gasteiger partial charge on any atom is 0.245 e. The van der Waals surface area contributed by atoms with Gasteiger partial charge in [-0.3, -0.25) is 57.5 Å². The lowest BCUT2D eigenvalue weighted by atomic mass is 9.75. The summed E-state index contributed by atoms with van der Waals surface area (Å²) in [5.74, 6) is -16.6. The first-order chi connectivity index (χ1) is 54.0. The van der Waals surface area contributed by atoms with E-state index in [1.54, 1.807) is 97.6 Å². The second kappa shape index (κ2) is 42.2. The average molecular weight is 1670 g/mol. The van der Waals surface area contributed by atoms with E-state index >= 15 is 28.8 Å². The summed E-state index contributed by atoms with van der Waals surface area (Å²) in [4.78, 5) is 183. The Labute approximate surface area is 688 Å². The first-order valence-electron chi connectivity index (χ1n) is 39.1. The van der Waals surface area contributed by atoms with Gasteiger partial charge in [-0.2, -0.15) is 0 Å². The van der Waals surface area contributed by atoms with Gasteiger partial charge in [0.05, 0.1) is 42.8 Å². The minimum atomic E-state index is -3.90. The molecule has 31 heteroatoms. The molecule has 0 spiro atoms. The molecule has 4 aromatic carbocycles. The van der Waals surface area contributed by atoms with Crippen molar-refractivity contribution in [3.8, 4) is 0 Å². The predicted molar refractivity (Wildman–Crippen MR) is 436 cm³/mol. The zero-order chi connectivity index (χ0) is 85.1. The zero-order valence-electron chi connectivity index (χ0n) is 66.9. The number of halogens is 3. The maximum atomic E-state index is 15.8.